The van der Waals surface area contributed by atoms with Crippen LogP contribution in [-0.2, 0) is 0 Å². The molecule has 0 radical (unpaired) electrons. The lowest BCUT2D eigenvalue weighted by Crippen LogP contribution is -2.34. The van der Waals surface area contributed by atoms with Crippen molar-refractivity contribution in [2.75, 3.05) is 12.4 Å². The van der Waals surface area contributed by atoms with Crippen LogP contribution in [0.5, 0.6) is 5.75 Å². The third-order valence-electron chi connectivity index (χ3n) is 3.09. The molecular formula is C16H14ClIN2O2S. The van der Waals surface area contributed by atoms with Gasteiger partial charge in [-0.1, -0.05) is 17.7 Å². The minimum atomic E-state index is -0.289. The van der Waals surface area contributed by atoms with Crippen molar-refractivity contribution in [3.05, 3.63) is 56.1 Å². The molecule has 7 heteroatoms. The van der Waals surface area contributed by atoms with Crippen LogP contribution in [0.4, 0.5) is 5.69 Å². The quantitative estimate of drug-likeness (QED) is 0.527. The maximum atomic E-state index is 12.2. The lowest BCUT2D eigenvalue weighted by molar-refractivity contribution is 0.0977. The predicted octanol–water partition coefficient (Wildman–Crippen LogP) is 4.39. The van der Waals surface area contributed by atoms with Crippen molar-refractivity contribution in [2.45, 2.75) is 6.92 Å². The number of ether oxygens (including phenoxy) is 1. The summed E-state index contributed by atoms with van der Waals surface area (Å²) in [4.78, 5) is 12.2. The zero-order chi connectivity index (χ0) is 17.0. The maximum Gasteiger partial charge on any atom is 0.257 e. The van der Waals surface area contributed by atoms with Crippen molar-refractivity contribution in [1.82, 2.24) is 5.32 Å². The fourth-order valence-corrected chi connectivity index (χ4v) is 2.98. The van der Waals surface area contributed by atoms with Crippen LogP contribution in [0.1, 0.15) is 15.9 Å². The summed E-state index contributed by atoms with van der Waals surface area (Å²) in [7, 11) is 1.59. The summed E-state index contributed by atoms with van der Waals surface area (Å²) < 4.78 is 6.02. The summed E-state index contributed by atoms with van der Waals surface area (Å²) in [5, 5.41) is 6.44. The van der Waals surface area contributed by atoms with Crippen molar-refractivity contribution in [2.24, 2.45) is 0 Å². The number of aryl methyl sites for hydroxylation is 1. The van der Waals surface area contributed by atoms with E-state index in [1.807, 2.05) is 13.0 Å². The number of carbonyl (C=O) groups excluding carboxylic acids is 1. The van der Waals surface area contributed by atoms with Crippen molar-refractivity contribution >= 4 is 63.1 Å². The van der Waals surface area contributed by atoms with E-state index in [1.54, 1.807) is 37.4 Å². The van der Waals surface area contributed by atoms with E-state index in [9.17, 15) is 4.79 Å². The normalized spacial score (nSPS) is 10.1. The number of rotatable bonds is 3. The van der Waals surface area contributed by atoms with Gasteiger partial charge in [-0.15, -0.1) is 0 Å². The monoisotopic (exact) mass is 460 g/mol. The highest BCUT2D eigenvalue weighted by Crippen LogP contribution is 2.22. The summed E-state index contributed by atoms with van der Waals surface area (Å²) in [6, 6.07) is 10.6. The van der Waals surface area contributed by atoms with Gasteiger partial charge in [-0.3, -0.25) is 10.1 Å². The number of methoxy groups -OCH3 is 1. The molecule has 2 N–H and O–H groups in total. The molecule has 2 rings (SSSR count). The Morgan fingerprint density at radius 1 is 1.26 bits per heavy atom. The number of nitrogens with one attached hydrogen (secondary N) is 2. The van der Waals surface area contributed by atoms with Crippen LogP contribution in [0.3, 0.4) is 0 Å². The molecule has 1 amide bonds. The van der Waals surface area contributed by atoms with Crippen molar-refractivity contribution in [3.63, 3.8) is 0 Å². The van der Waals surface area contributed by atoms with E-state index in [2.05, 4.69) is 33.2 Å². The molecule has 2 aromatic carbocycles. The van der Waals surface area contributed by atoms with Gasteiger partial charge in [-0.05, 0) is 77.6 Å². The van der Waals surface area contributed by atoms with Gasteiger partial charge in [0, 0.05) is 16.3 Å². The minimum Gasteiger partial charge on any atom is -0.496 e. The van der Waals surface area contributed by atoms with E-state index in [1.165, 1.54) is 0 Å². The van der Waals surface area contributed by atoms with Crippen molar-refractivity contribution in [3.8, 4) is 5.75 Å². The molecule has 4 nitrogen and oxygen atoms in total. The third kappa shape index (κ3) is 4.79. The zero-order valence-corrected chi connectivity index (χ0v) is 16.2. The third-order valence-corrected chi connectivity index (χ3v) is 4.37. The molecule has 0 bridgehead atoms. The number of carbonyl (C=O) groups is 1. The Balaban J connectivity index is 2.06. The standard InChI is InChI=1S/C16H14ClIN2O2S/c1-9-3-5-11(17)8-13(9)19-16(23)20-15(21)10-4-6-14(22-2)12(18)7-10/h3-8H,1-2H3,(H2,19,20,21,23). The molecule has 0 saturated heterocycles. The van der Waals surface area contributed by atoms with Gasteiger partial charge in [-0.25, -0.2) is 0 Å². The lowest BCUT2D eigenvalue weighted by Gasteiger charge is -2.12. The van der Waals surface area contributed by atoms with Crippen LogP contribution in [-0.4, -0.2) is 18.1 Å². The second kappa shape index (κ2) is 7.94. The van der Waals surface area contributed by atoms with E-state index in [-0.39, 0.29) is 11.0 Å². The van der Waals surface area contributed by atoms with E-state index < -0.39 is 0 Å². The average molecular weight is 461 g/mol. The van der Waals surface area contributed by atoms with Crippen LogP contribution in [0, 0.1) is 10.5 Å². The molecule has 2 aromatic rings. The van der Waals surface area contributed by atoms with Crippen LogP contribution < -0.4 is 15.4 Å². The van der Waals surface area contributed by atoms with E-state index >= 15 is 0 Å². The van der Waals surface area contributed by atoms with Crippen LogP contribution in [0.25, 0.3) is 0 Å². The van der Waals surface area contributed by atoms with Gasteiger partial charge in [0.15, 0.2) is 5.11 Å². The summed E-state index contributed by atoms with van der Waals surface area (Å²) in [6.45, 7) is 1.93. The molecule has 0 atom stereocenters. The van der Waals surface area contributed by atoms with Gasteiger partial charge in [-0.2, -0.15) is 0 Å². The highest BCUT2D eigenvalue weighted by molar-refractivity contribution is 14.1. The second-order valence-electron chi connectivity index (χ2n) is 4.72. The highest BCUT2D eigenvalue weighted by Gasteiger charge is 2.11. The molecule has 0 aliphatic carbocycles. The second-order valence-corrected chi connectivity index (χ2v) is 6.72. The molecule has 0 unspecified atom stereocenters. The number of hydrogen-bond acceptors (Lipinski definition) is 3. The number of amides is 1. The van der Waals surface area contributed by atoms with E-state index in [4.69, 9.17) is 28.6 Å². The Morgan fingerprint density at radius 2 is 2.00 bits per heavy atom. The SMILES string of the molecule is COc1ccc(C(=O)NC(=S)Nc2cc(Cl)ccc2C)cc1I. The molecule has 0 aliphatic rings. The fourth-order valence-electron chi connectivity index (χ4n) is 1.87. The number of benzene rings is 2. The number of anilines is 1. The first-order valence-electron chi connectivity index (χ1n) is 6.62. The molecule has 0 heterocycles. The maximum absolute atomic E-state index is 12.2. The molecule has 23 heavy (non-hydrogen) atoms. The smallest absolute Gasteiger partial charge is 0.257 e. The first kappa shape index (κ1) is 18.0. The van der Waals surface area contributed by atoms with Crippen LogP contribution in [0.15, 0.2) is 36.4 Å². The first-order valence-corrected chi connectivity index (χ1v) is 8.49. The summed E-state index contributed by atoms with van der Waals surface area (Å²) in [5.41, 5.74) is 2.24. The Kier molecular flexibility index (Phi) is 6.20. The van der Waals surface area contributed by atoms with Gasteiger partial charge < -0.3 is 10.1 Å². The van der Waals surface area contributed by atoms with Gasteiger partial charge in [0.2, 0.25) is 0 Å². The van der Waals surface area contributed by atoms with E-state index in [0.717, 1.165) is 20.6 Å². The van der Waals surface area contributed by atoms with Gasteiger partial charge in [0.1, 0.15) is 5.75 Å². The largest absolute Gasteiger partial charge is 0.496 e. The Bertz CT molecular complexity index is 768. The molecule has 0 fully saturated rings. The fraction of sp³-hybridized carbons (Fsp3) is 0.125. The summed E-state index contributed by atoms with van der Waals surface area (Å²) in [6.07, 6.45) is 0. The minimum absolute atomic E-state index is 0.214. The topological polar surface area (TPSA) is 50.4 Å². The molecule has 0 aromatic heterocycles. The molecule has 0 saturated carbocycles. The summed E-state index contributed by atoms with van der Waals surface area (Å²) in [5.74, 6) is 0.431. The van der Waals surface area contributed by atoms with Crippen LogP contribution >= 0.6 is 46.4 Å². The van der Waals surface area contributed by atoms with E-state index in [0.29, 0.717) is 10.6 Å². The van der Waals surface area contributed by atoms with Crippen LogP contribution in [0.2, 0.25) is 5.02 Å². The Morgan fingerprint density at radius 3 is 2.65 bits per heavy atom. The number of hydrogen-bond donors (Lipinski definition) is 2. The Hall–Kier alpha value is -1.38. The van der Waals surface area contributed by atoms with Gasteiger partial charge >= 0.3 is 0 Å². The first-order chi connectivity index (χ1) is 10.9. The predicted molar refractivity (Wildman–Crippen MR) is 106 cm³/mol. The summed E-state index contributed by atoms with van der Waals surface area (Å²) >= 11 is 13.3. The Labute approximate surface area is 158 Å². The van der Waals surface area contributed by atoms with Crippen molar-refractivity contribution < 1.29 is 9.53 Å². The highest BCUT2D eigenvalue weighted by atomic mass is 127. The lowest BCUT2D eigenvalue weighted by atomic mass is 10.2. The van der Waals surface area contributed by atoms with Crippen molar-refractivity contribution in [1.29, 1.82) is 0 Å². The molecular weight excluding hydrogens is 447 g/mol. The average Bonchev–Trinajstić information content (AvgIpc) is 2.50. The molecule has 120 valence electrons. The molecule has 0 aliphatic heterocycles. The molecule has 0 spiro atoms. The van der Waals surface area contributed by atoms with Gasteiger partial charge in [0.05, 0.1) is 10.7 Å². The zero-order valence-electron chi connectivity index (χ0n) is 12.4. The number of halogens is 2. The number of thiocarbonyl (C=S) groups is 1. The van der Waals surface area contributed by atoms with Gasteiger partial charge in [0.25, 0.3) is 5.91 Å².